The van der Waals surface area contributed by atoms with Gasteiger partial charge in [0, 0.05) is 29.4 Å². The standard InChI is InChI=1S/C18H15N3O4/c1-12-5-7-13(8-6-12)17-10-15(20-25-17)11-18(22)19-14-3-2-4-16(9-14)21(23)24/h2-10H,11H2,1H3,(H,19,22). The molecule has 0 bridgehead atoms. The minimum absolute atomic E-state index is 0.0120. The van der Waals surface area contributed by atoms with E-state index in [0.29, 0.717) is 17.1 Å². The number of non-ortho nitro benzene ring substituents is 1. The van der Waals surface area contributed by atoms with Gasteiger partial charge in [-0.1, -0.05) is 41.1 Å². The van der Waals surface area contributed by atoms with E-state index in [1.54, 1.807) is 12.1 Å². The molecule has 2 aromatic carbocycles. The fourth-order valence-corrected chi connectivity index (χ4v) is 2.32. The molecule has 0 unspecified atom stereocenters. The van der Waals surface area contributed by atoms with Gasteiger partial charge < -0.3 is 9.84 Å². The normalized spacial score (nSPS) is 10.4. The molecule has 0 aliphatic carbocycles. The fourth-order valence-electron chi connectivity index (χ4n) is 2.32. The first kappa shape index (κ1) is 16.4. The minimum Gasteiger partial charge on any atom is -0.356 e. The summed E-state index contributed by atoms with van der Waals surface area (Å²) in [5.74, 6) is 0.252. The molecule has 126 valence electrons. The highest BCUT2D eigenvalue weighted by atomic mass is 16.6. The molecule has 0 saturated heterocycles. The van der Waals surface area contributed by atoms with E-state index in [-0.39, 0.29) is 18.0 Å². The third-order valence-electron chi connectivity index (χ3n) is 3.58. The predicted octanol–water partition coefficient (Wildman–Crippen LogP) is 3.74. The van der Waals surface area contributed by atoms with Crippen LogP contribution < -0.4 is 5.32 Å². The Bertz CT molecular complexity index is 916. The molecule has 3 rings (SSSR count). The number of carbonyl (C=O) groups is 1. The summed E-state index contributed by atoms with van der Waals surface area (Å²) in [5.41, 5.74) is 2.78. The Kier molecular flexibility index (Phi) is 4.56. The molecule has 0 aliphatic rings. The smallest absolute Gasteiger partial charge is 0.271 e. The van der Waals surface area contributed by atoms with E-state index < -0.39 is 4.92 Å². The monoisotopic (exact) mass is 337 g/mol. The molecule has 7 heteroatoms. The summed E-state index contributed by atoms with van der Waals surface area (Å²) in [6.07, 6.45) is 0.0120. The fraction of sp³-hybridized carbons (Fsp3) is 0.111. The Hall–Kier alpha value is -3.48. The lowest BCUT2D eigenvalue weighted by Crippen LogP contribution is -2.14. The molecular weight excluding hydrogens is 322 g/mol. The summed E-state index contributed by atoms with van der Waals surface area (Å²) in [7, 11) is 0. The maximum Gasteiger partial charge on any atom is 0.271 e. The van der Waals surface area contributed by atoms with Gasteiger partial charge in [-0.2, -0.15) is 0 Å². The second kappa shape index (κ2) is 6.96. The Balaban J connectivity index is 1.66. The molecule has 0 saturated carbocycles. The number of hydrogen-bond donors (Lipinski definition) is 1. The van der Waals surface area contributed by atoms with E-state index in [1.807, 2.05) is 31.2 Å². The summed E-state index contributed by atoms with van der Waals surface area (Å²) < 4.78 is 5.27. The molecule has 0 atom stereocenters. The Labute approximate surface area is 143 Å². The van der Waals surface area contributed by atoms with Gasteiger partial charge in [-0.15, -0.1) is 0 Å². The molecule has 0 radical (unpaired) electrons. The van der Waals surface area contributed by atoms with Crippen molar-refractivity contribution in [1.82, 2.24) is 5.16 Å². The van der Waals surface area contributed by atoms with Crippen LogP contribution in [0.5, 0.6) is 0 Å². The lowest BCUT2D eigenvalue weighted by atomic mass is 10.1. The molecule has 0 spiro atoms. The number of nitro groups is 1. The minimum atomic E-state index is -0.513. The number of nitrogens with zero attached hydrogens (tertiary/aromatic N) is 2. The summed E-state index contributed by atoms with van der Waals surface area (Å²) in [6.45, 7) is 1.99. The van der Waals surface area contributed by atoms with Crippen LogP contribution in [0.25, 0.3) is 11.3 Å². The van der Waals surface area contributed by atoms with E-state index >= 15 is 0 Å². The third-order valence-corrected chi connectivity index (χ3v) is 3.58. The zero-order valence-electron chi connectivity index (χ0n) is 13.4. The first-order valence-electron chi connectivity index (χ1n) is 7.58. The number of hydrogen-bond acceptors (Lipinski definition) is 5. The van der Waals surface area contributed by atoms with E-state index in [9.17, 15) is 14.9 Å². The van der Waals surface area contributed by atoms with Crippen molar-refractivity contribution in [1.29, 1.82) is 0 Å². The number of amides is 1. The Morgan fingerprint density at radius 1 is 1.20 bits per heavy atom. The average molecular weight is 337 g/mol. The molecule has 1 amide bonds. The van der Waals surface area contributed by atoms with E-state index in [0.717, 1.165) is 11.1 Å². The first-order chi connectivity index (χ1) is 12.0. The second-order valence-corrected chi connectivity index (χ2v) is 5.58. The van der Waals surface area contributed by atoms with E-state index in [2.05, 4.69) is 10.5 Å². The highest BCUT2D eigenvalue weighted by Crippen LogP contribution is 2.21. The quantitative estimate of drug-likeness (QED) is 0.565. The summed E-state index contributed by atoms with van der Waals surface area (Å²) in [6, 6.07) is 15.2. The number of carbonyl (C=O) groups excluding carboxylic acids is 1. The molecule has 1 aromatic heterocycles. The van der Waals surface area contributed by atoms with Gasteiger partial charge in [-0.3, -0.25) is 14.9 Å². The lowest BCUT2D eigenvalue weighted by molar-refractivity contribution is -0.384. The van der Waals surface area contributed by atoms with Gasteiger partial charge in [-0.25, -0.2) is 0 Å². The van der Waals surface area contributed by atoms with E-state index in [1.165, 1.54) is 18.2 Å². The van der Waals surface area contributed by atoms with Gasteiger partial charge >= 0.3 is 0 Å². The van der Waals surface area contributed by atoms with Crippen LogP contribution in [0.15, 0.2) is 59.1 Å². The van der Waals surface area contributed by atoms with Crippen molar-refractivity contribution in [3.8, 4) is 11.3 Å². The lowest BCUT2D eigenvalue weighted by Gasteiger charge is -2.03. The largest absolute Gasteiger partial charge is 0.356 e. The third kappa shape index (κ3) is 4.08. The molecule has 1 N–H and O–H groups in total. The summed E-state index contributed by atoms with van der Waals surface area (Å²) in [5, 5.41) is 17.3. The van der Waals surface area contributed by atoms with Crippen LogP contribution in [0, 0.1) is 17.0 Å². The molecule has 1 heterocycles. The SMILES string of the molecule is Cc1ccc(-c2cc(CC(=O)Nc3cccc([N+](=O)[O-])c3)no2)cc1. The number of nitrogens with one attached hydrogen (secondary N) is 1. The maximum atomic E-state index is 12.1. The molecule has 7 nitrogen and oxygen atoms in total. The Morgan fingerprint density at radius 3 is 2.68 bits per heavy atom. The van der Waals surface area contributed by atoms with Gasteiger partial charge in [0.25, 0.3) is 5.69 Å². The van der Waals surface area contributed by atoms with Crippen LogP contribution in [0.4, 0.5) is 11.4 Å². The zero-order valence-corrected chi connectivity index (χ0v) is 13.4. The number of aryl methyl sites for hydroxylation is 1. The Morgan fingerprint density at radius 2 is 1.96 bits per heavy atom. The van der Waals surface area contributed by atoms with Crippen LogP contribution in [-0.4, -0.2) is 16.0 Å². The highest BCUT2D eigenvalue weighted by molar-refractivity contribution is 5.92. The van der Waals surface area contributed by atoms with Crippen LogP contribution >= 0.6 is 0 Å². The zero-order chi connectivity index (χ0) is 17.8. The topological polar surface area (TPSA) is 98.3 Å². The van der Waals surface area contributed by atoms with Crippen molar-refractivity contribution in [2.24, 2.45) is 0 Å². The van der Waals surface area contributed by atoms with Crippen molar-refractivity contribution in [2.75, 3.05) is 5.32 Å². The number of nitro benzene ring substituents is 1. The van der Waals surface area contributed by atoms with Crippen LogP contribution in [-0.2, 0) is 11.2 Å². The van der Waals surface area contributed by atoms with Gasteiger partial charge in [0.05, 0.1) is 17.0 Å². The number of rotatable bonds is 5. The van der Waals surface area contributed by atoms with Gasteiger partial charge in [-0.05, 0) is 13.0 Å². The van der Waals surface area contributed by atoms with Crippen LogP contribution in [0.1, 0.15) is 11.3 Å². The number of anilines is 1. The molecule has 25 heavy (non-hydrogen) atoms. The molecular formula is C18H15N3O4. The van der Waals surface area contributed by atoms with Crippen molar-refractivity contribution < 1.29 is 14.2 Å². The maximum absolute atomic E-state index is 12.1. The number of benzene rings is 2. The predicted molar refractivity (Wildman–Crippen MR) is 92.1 cm³/mol. The number of aromatic nitrogens is 1. The van der Waals surface area contributed by atoms with Gasteiger partial charge in [0.2, 0.25) is 5.91 Å². The highest BCUT2D eigenvalue weighted by Gasteiger charge is 2.12. The molecule has 0 aliphatic heterocycles. The van der Waals surface area contributed by atoms with Crippen molar-refractivity contribution >= 4 is 17.3 Å². The van der Waals surface area contributed by atoms with Crippen molar-refractivity contribution in [3.63, 3.8) is 0 Å². The van der Waals surface area contributed by atoms with Crippen molar-refractivity contribution in [2.45, 2.75) is 13.3 Å². The summed E-state index contributed by atoms with van der Waals surface area (Å²) in [4.78, 5) is 22.3. The van der Waals surface area contributed by atoms with Crippen molar-refractivity contribution in [3.05, 3.63) is 76.0 Å². The van der Waals surface area contributed by atoms with E-state index in [4.69, 9.17) is 4.52 Å². The first-order valence-corrected chi connectivity index (χ1v) is 7.58. The van der Waals surface area contributed by atoms with Crippen LogP contribution in [0.3, 0.4) is 0 Å². The molecule has 0 fully saturated rings. The summed E-state index contributed by atoms with van der Waals surface area (Å²) >= 11 is 0. The average Bonchev–Trinajstić information content (AvgIpc) is 3.04. The molecule has 3 aromatic rings. The van der Waals surface area contributed by atoms with Crippen LogP contribution in [0.2, 0.25) is 0 Å². The van der Waals surface area contributed by atoms with Gasteiger partial charge in [0.1, 0.15) is 0 Å². The second-order valence-electron chi connectivity index (χ2n) is 5.58. The van der Waals surface area contributed by atoms with Gasteiger partial charge in [0.15, 0.2) is 5.76 Å².